The Morgan fingerprint density at radius 1 is 1.50 bits per heavy atom. The molecule has 0 radical (unpaired) electrons. The molecule has 1 N–H and O–H groups in total. The minimum Gasteiger partial charge on any atom is -0.332 e. The van der Waals surface area contributed by atoms with Gasteiger partial charge >= 0.3 is 0 Å². The number of nitrogens with one attached hydrogen (secondary N) is 1. The molecule has 1 aromatic carbocycles. The number of fused-ring (bicyclic) bond motifs is 1. The second-order valence-corrected chi connectivity index (χ2v) is 4.00. The lowest BCUT2D eigenvalue weighted by Gasteiger charge is -2.03. The zero-order valence-corrected chi connectivity index (χ0v) is 9.55. The van der Waals surface area contributed by atoms with E-state index >= 15 is 0 Å². The van der Waals surface area contributed by atoms with Crippen LogP contribution in [0, 0.1) is 11.3 Å². The van der Waals surface area contributed by atoms with Crippen molar-refractivity contribution in [2.75, 3.05) is 0 Å². The molecule has 6 heteroatoms. The number of alkyl halides is 2. The molecule has 0 aliphatic heterocycles. The maximum atomic E-state index is 12.8. The Bertz CT molecular complexity index is 571. The summed E-state index contributed by atoms with van der Waals surface area (Å²) in [6.45, 7) is 0. The van der Waals surface area contributed by atoms with Crippen molar-refractivity contribution in [1.82, 2.24) is 9.97 Å². The molecule has 1 heterocycles. The van der Waals surface area contributed by atoms with Gasteiger partial charge in [0, 0.05) is 5.56 Å². The molecule has 0 spiro atoms. The molecule has 0 bridgehead atoms. The second-order valence-electron chi connectivity index (χ2n) is 3.24. The largest absolute Gasteiger partial charge is 0.332 e. The van der Waals surface area contributed by atoms with E-state index in [1.807, 2.05) is 6.07 Å². The van der Waals surface area contributed by atoms with Crippen molar-refractivity contribution >= 4 is 27.0 Å². The van der Waals surface area contributed by atoms with Gasteiger partial charge in [-0.15, -0.1) is 0 Å². The van der Waals surface area contributed by atoms with Crippen LogP contribution in [0.25, 0.3) is 11.0 Å². The van der Waals surface area contributed by atoms with Crippen LogP contribution in [0.1, 0.15) is 17.6 Å². The van der Waals surface area contributed by atoms with E-state index in [1.54, 1.807) is 6.07 Å². The number of nitrogens with zero attached hydrogens (tertiary/aromatic N) is 2. The van der Waals surface area contributed by atoms with Crippen molar-refractivity contribution in [3.63, 3.8) is 0 Å². The number of hydrogen-bond donors (Lipinski definition) is 1. The van der Waals surface area contributed by atoms with Crippen LogP contribution in [-0.4, -0.2) is 9.97 Å². The summed E-state index contributed by atoms with van der Waals surface area (Å²) in [4.78, 5) is 6.75. The average Bonchev–Trinajstić information content (AvgIpc) is 2.57. The number of rotatable bonds is 2. The standard InChI is InChI=1S/C10H6BrF2N3/c11-10-15-7-4-5(1-2-14)3-6(9(12)13)8(7)16-10/h3-4,9H,1H2,(H,15,16). The first-order valence-electron chi connectivity index (χ1n) is 4.45. The van der Waals surface area contributed by atoms with E-state index in [0.717, 1.165) is 0 Å². The van der Waals surface area contributed by atoms with Crippen LogP contribution in [0.4, 0.5) is 8.78 Å². The van der Waals surface area contributed by atoms with E-state index in [1.165, 1.54) is 6.07 Å². The number of aromatic amines is 1. The number of hydrogen-bond acceptors (Lipinski definition) is 2. The zero-order valence-electron chi connectivity index (χ0n) is 7.97. The summed E-state index contributed by atoms with van der Waals surface area (Å²) in [5, 5.41) is 8.55. The molecule has 0 aliphatic rings. The van der Waals surface area contributed by atoms with Crippen molar-refractivity contribution in [2.45, 2.75) is 12.8 Å². The van der Waals surface area contributed by atoms with Gasteiger partial charge in [0.2, 0.25) is 0 Å². The Hall–Kier alpha value is -1.48. The SMILES string of the molecule is N#CCc1cc(C(F)F)c2nc(Br)[nH]c2c1. The molecular formula is C10H6BrF2N3. The first kappa shape index (κ1) is 11.0. The second kappa shape index (κ2) is 4.18. The molecule has 0 fully saturated rings. The van der Waals surface area contributed by atoms with Crippen molar-refractivity contribution in [3.05, 3.63) is 28.0 Å². The first-order chi connectivity index (χ1) is 7.61. The molecule has 0 amide bonds. The summed E-state index contributed by atoms with van der Waals surface area (Å²) in [5.41, 5.74) is 1.16. The Balaban J connectivity index is 2.69. The summed E-state index contributed by atoms with van der Waals surface area (Å²) in [5.74, 6) is 0. The number of imidazole rings is 1. The van der Waals surface area contributed by atoms with Crippen molar-refractivity contribution < 1.29 is 8.78 Å². The monoisotopic (exact) mass is 285 g/mol. The molecule has 2 aromatic rings. The molecule has 0 saturated carbocycles. The Morgan fingerprint density at radius 3 is 2.88 bits per heavy atom. The van der Waals surface area contributed by atoms with Gasteiger partial charge < -0.3 is 4.98 Å². The number of H-pyrrole nitrogens is 1. The van der Waals surface area contributed by atoms with E-state index in [-0.39, 0.29) is 17.5 Å². The fourth-order valence-corrected chi connectivity index (χ4v) is 1.93. The number of benzene rings is 1. The Kier molecular flexibility index (Phi) is 2.88. The van der Waals surface area contributed by atoms with Crippen molar-refractivity contribution in [1.29, 1.82) is 5.26 Å². The maximum Gasteiger partial charge on any atom is 0.266 e. The minimum absolute atomic E-state index is 0.103. The molecule has 16 heavy (non-hydrogen) atoms. The minimum atomic E-state index is -2.60. The van der Waals surface area contributed by atoms with Gasteiger partial charge in [-0.3, -0.25) is 0 Å². The van der Waals surface area contributed by atoms with E-state index in [9.17, 15) is 8.78 Å². The third kappa shape index (κ3) is 1.91. The normalized spacial score (nSPS) is 10.9. The molecule has 3 nitrogen and oxygen atoms in total. The Labute approximate surface area is 98.2 Å². The third-order valence-corrected chi connectivity index (χ3v) is 2.54. The van der Waals surface area contributed by atoms with E-state index in [4.69, 9.17) is 5.26 Å². The predicted octanol–water partition coefficient (Wildman–Crippen LogP) is 3.33. The summed E-state index contributed by atoms with van der Waals surface area (Å²) in [6.07, 6.45) is -2.50. The quantitative estimate of drug-likeness (QED) is 0.920. The summed E-state index contributed by atoms with van der Waals surface area (Å²) in [7, 11) is 0. The van der Waals surface area contributed by atoms with Crippen LogP contribution in [0.15, 0.2) is 16.9 Å². The van der Waals surface area contributed by atoms with E-state index in [0.29, 0.717) is 15.8 Å². The highest BCUT2D eigenvalue weighted by atomic mass is 79.9. The highest BCUT2D eigenvalue weighted by molar-refractivity contribution is 9.10. The van der Waals surface area contributed by atoms with E-state index in [2.05, 4.69) is 25.9 Å². The lowest BCUT2D eigenvalue weighted by Crippen LogP contribution is -1.91. The lowest BCUT2D eigenvalue weighted by atomic mass is 10.1. The van der Waals surface area contributed by atoms with Gasteiger partial charge in [0.1, 0.15) is 0 Å². The van der Waals surface area contributed by atoms with Crippen LogP contribution in [-0.2, 0) is 6.42 Å². The first-order valence-corrected chi connectivity index (χ1v) is 5.24. The van der Waals surface area contributed by atoms with Crippen molar-refractivity contribution in [2.24, 2.45) is 0 Å². The molecule has 82 valence electrons. The van der Waals surface area contributed by atoms with Gasteiger partial charge in [-0.25, -0.2) is 13.8 Å². The molecule has 0 saturated heterocycles. The smallest absolute Gasteiger partial charge is 0.266 e. The fourth-order valence-electron chi connectivity index (χ4n) is 1.54. The fraction of sp³-hybridized carbons (Fsp3) is 0.200. The van der Waals surface area contributed by atoms with Crippen molar-refractivity contribution in [3.8, 4) is 6.07 Å². The summed E-state index contributed by atoms with van der Waals surface area (Å²) >= 11 is 3.09. The van der Waals surface area contributed by atoms with Gasteiger partial charge in [0.25, 0.3) is 6.43 Å². The number of nitriles is 1. The predicted molar refractivity (Wildman–Crippen MR) is 58.1 cm³/mol. The van der Waals surface area contributed by atoms with Crippen LogP contribution < -0.4 is 0 Å². The number of halogens is 3. The lowest BCUT2D eigenvalue weighted by molar-refractivity contribution is 0.153. The topological polar surface area (TPSA) is 52.5 Å². The molecule has 0 aliphatic carbocycles. The highest BCUT2D eigenvalue weighted by Gasteiger charge is 2.16. The maximum absolute atomic E-state index is 12.8. The van der Waals surface area contributed by atoms with Gasteiger partial charge in [-0.1, -0.05) is 0 Å². The highest BCUT2D eigenvalue weighted by Crippen LogP contribution is 2.29. The molecule has 2 rings (SSSR count). The van der Waals surface area contributed by atoms with Gasteiger partial charge in [-0.05, 0) is 33.6 Å². The van der Waals surface area contributed by atoms with Gasteiger partial charge in [-0.2, -0.15) is 5.26 Å². The van der Waals surface area contributed by atoms with E-state index < -0.39 is 6.43 Å². The van der Waals surface area contributed by atoms with Crippen LogP contribution in [0.5, 0.6) is 0 Å². The summed E-state index contributed by atoms with van der Waals surface area (Å²) < 4.78 is 26.0. The van der Waals surface area contributed by atoms with Crippen LogP contribution in [0.2, 0.25) is 0 Å². The molecule has 1 aromatic heterocycles. The van der Waals surface area contributed by atoms with Crippen LogP contribution in [0.3, 0.4) is 0 Å². The molecule has 0 atom stereocenters. The summed E-state index contributed by atoms with van der Waals surface area (Å²) in [6, 6.07) is 4.91. The average molecular weight is 286 g/mol. The third-order valence-electron chi connectivity index (χ3n) is 2.17. The zero-order chi connectivity index (χ0) is 11.7. The van der Waals surface area contributed by atoms with Gasteiger partial charge in [0.05, 0.1) is 23.5 Å². The van der Waals surface area contributed by atoms with Gasteiger partial charge in [0.15, 0.2) is 4.73 Å². The molecular weight excluding hydrogens is 280 g/mol. The number of aromatic nitrogens is 2. The van der Waals surface area contributed by atoms with Crippen LogP contribution >= 0.6 is 15.9 Å². The Morgan fingerprint density at radius 2 is 2.25 bits per heavy atom. The molecule has 0 unspecified atom stereocenters.